The van der Waals surface area contributed by atoms with Gasteiger partial charge in [0.25, 0.3) is 5.91 Å². The molecule has 0 radical (unpaired) electrons. The van der Waals surface area contributed by atoms with Gasteiger partial charge in [0.1, 0.15) is 11.2 Å². The molecule has 2 aromatic rings. The molecular weight excluding hydrogens is 320 g/mol. The second-order valence-electron chi connectivity index (χ2n) is 6.17. The molecule has 1 fully saturated rings. The maximum Gasteiger partial charge on any atom is 0.252 e. The monoisotopic (exact) mass is 340 g/mol. The maximum absolute atomic E-state index is 12.5. The van der Waals surface area contributed by atoms with Gasteiger partial charge in [-0.15, -0.1) is 0 Å². The van der Waals surface area contributed by atoms with Crippen LogP contribution < -0.4 is 10.2 Å². The minimum absolute atomic E-state index is 0.0841. The standard InChI is InChI=1S/C18H20N4OS/c1-13-6-7-19-16(12-13)21-8-10-22(11-9-21)18-17(23)20-14-4-2-3-5-15(14)24-18/h2-7,12,18H,8-11H2,1H3,(H,20,23). The van der Waals surface area contributed by atoms with Crippen molar-refractivity contribution in [2.75, 3.05) is 36.4 Å². The van der Waals surface area contributed by atoms with Crippen LogP contribution in [0.2, 0.25) is 0 Å². The van der Waals surface area contributed by atoms with Gasteiger partial charge in [-0.25, -0.2) is 4.98 Å². The van der Waals surface area contributed by atoms with Gasteiger partial charge in [0.2, 0.25) is 0 Å². The van der Waals surface area contributed by atoms with E-state index in [1.807, 2.05) is 30.5 Å². The molecule has 1 aromatic carbocycles. The smallest absolute Gasteiger partial charge is 0.252 e. The van der Waals surface area contributed by atoms with Crippen LogP contribution in [0.15, 0.2) is 47.5 Å². The summed E-state index contributed by atoms with van der Waals surface area (Å²) in [6.07, 6.45) is 1.86. The number of anilines is 2. The van der Waals surface area contributed by atoms with E-state index in [0.717, 1.165) is 42.6 Å². The summed E-state index contributed by atoms with van der Waals surface area (Å²) < 4.78 is 0. The normalized spacial score (nSPS) is 21.3. The summed E-state index contributed by atoms with van der Waals surface area (Å²) in [5.41, 5.74) is 2.15. The highest BCUT2D eigenvalue weighted by Gasteiger charge is 2.33. The van der Waals surface area contributed by atoms with Crippen molar-refractivity contribution >= 4 is 29.2 Å². The van der Waals surface area contributed by atoms with Crippen LogP contribution in [0.1, 0.15) is 5.56 Å². The Morgan fingerprint density at radius 2 is 1.96 bits per heavy atom. The van der Waals surface area contributed by atoms with E-state index in [9.17, 15) is 4.79 Å². The first-order chi connectivity index (χ1) is 11.7. The van der Waals surface area contributed by atoms with Gasteiger partial charge in [-0.3, -0.25) is 9.69 Å². The van der Waals surface area contributed by atoms with Crippen LogP contribution in [-0.4, -0.2) is 47.3 Å². The molecule has 2 aliphatic rings. The lowest BCUT2D eigenvalue weighted by atomic mass is 10.2. The van der Waals surface area contributed by atoms with Crippen LogP contribution in [-0.2, 0) is 4.79 Å². The van der Waals surface area contributed by atoms with Crippen LogP contribution in [0.3, 0.4) is 0 Å². The van der Waals surface area contributed by atoms with Gasteiger partial charge in [0.05, 0.1) is 5.69 Å². The van der Waals surface area contributed by atoms with Crippen LogP contribution in [0.4, 0.5) is 11.5 Å². The lowest BCUT2D eigenvalue weighted by molar-refractivity contribution is -0.118. The molecule has 1 N–H and O–H groups in total. The lowest BCUT2D eigenvalue weighted by Gasteiger charge is -2.40. The van der Waals surface area contributed by atoms with Crippen molar-refractivity contribution in [3.8, 4) is 0 Å². The Bertz CT molecular complexity index is 758. The molecular formula is C18H20N4OS. The Morgan fingerprint density at radius 1 is 1.17 bits per heavy atom. The summed E-state index contributed by atoms with van der Waals surface area (Å²) in [5.74, 6) is 1.11. The van der Waals surface area contributed by atoms with Crippen molar-refractivity contribution in [1.29, 1.82) is 0 Å². The molecule has 0 aliphatic carbocycles. The molecule has 2 aliphatic heterocycles. The molecule has 5 nitrogen and oxygen atoms in total. The van der Waals surface area contributed by atoms with Crippen molar-refractivity contribution in [2.45, 2.75) is 17.2 Å². The van der Waals surface area contributed by atoms with Crippen molar-refractivity contribution in [3.63, 3.8) is 0 Å². The summed E-state index contributed by atoms with van der Waals surface area (Å²) in [5, 5.41) is 2.88. The molecule has 1 saturated heterocycles. The summed E-state index contributed by atoms with van der Waals surface area (Å²) >= 11 is 1.65. The Balaban J connectivity index is 1.44. The molecule has 6 heteroatoms. The van der Waals surface area contributed by atoms with E-state index >= 15 is 0 Å². The van der Waals surface area contributed by atoms with Gasteiger partial charge in [-0.05, 0) is 36.8 Å². The van der Waals surface area contributed by atoms with E-state index in [0.29, 0.717) is 0 Å². The molecule has 0 spiro atoms. The predicted octanol–water partition coefficient (Wildman–Crippen LogP) is 2.58. The molecule has 1 amide bonds. The highest BCUT2D eigenvalue weighted by Crippen LogP contribution is 2.37. The fourth-order valence-electron chi connectivity index (χ4n) is 3.16. The third kappa shape index (κ3) is 2.99. The zero-order chi connectivity index (χ0) is 16.5. The van der Waals surface area contributed by atoms with E-state index in [2.05, 4.69) is 39.2 Å². The number of rotatable bonds is 2. The number of benzene rings is 1. The van der Waals surface area contributed by atoms with Gasteiger partial charge in [-0.1, -0.05) is 23.9 Å². The van der Waals surface area contributed by atoms with Gasteiger partial charge in [0.15, 0.2) is 0 Å². The van der Waals surface area contributed by atoms with Gasteiger partial charge >= 0.3 is 0 Å². The lowest BCUT2D eigenvalue weighted by Crippen LogP contribution is -2.53. The number of thioether (sulfide) groups is 1. The fraction of sp³-hybridized carbons (Fsp3) is 0.333. The highest BCUT2D eigenvalue weighted by molar-refractivity contribution is 8.00. The Hall–Kier alpha value is -2.05. The molecule has 124 valence electrons. The van der Waals surface area contributed by atoms with Crippen LogP contribution >= 0.6 is 11.8 Å². The summed E-state index contributed by atoms with van der Waals surface area (Å²) in [6.45, 7) is 5.60. The zero-order valence-electron chi connectivity index (χ0n) is 13.6. The number of nitrogens with one attached hydrogen (secondary N) is 1. The number of amides is 1. The third-order valence-electron chi connectivity index (χ3n) is 4.48. The summed E-state index contributed by atoms with van der Waals surface area (Å²) in [4.78, 5) is 22.6. The van der Waals surface area contributed by atoms with E-state index < -0.39 is 0 Å². The molecule has 1 unspecified atom stereocenters. The molecule has 1 aromatic heterocycles. The van der Waals surface area contributed by atoms with E-state index in [1.165, 1.54) is 5.56 Å². The molecule has 3 heterocycles. The Morgan fingerprint density at radius 3 is 2.75 bits per heavy atom. The molecule has 1 atom stereocenters. The van der Waals surface area contributed by atoms with E-state index in [-0.39, 0.29) is 11.3 Å². The van der Waals surface area contributed by atoms with Crippen molar-refractivity contribution < 1.29 is 4.79 Å². The van der Waals surface area contributed by atoms with Crippen molar-refractivity contribution in [1.82, 2.24) is 9.88 Å². The minimum Gasteiger partial charge on any atom is -0.354 e. The van der Waals surface area contributed by atoms with E-state index in [4.69, 9.17) is 0 Å². The highest BCUT2D eigenvalue weighted by atomic mass is 32.2. The number of aryl methyl sites for hydroxylation is 1. The summed E-state index contributed by atoms with van der Waals surface area (Å²) in [6, 6.07) is 12.1. The topological polar surface area (TPSA) is 48.5 Å². The maximum atomic E-state index is 12.5. The number of hydrogen-bond acceptors (Lipinski definition) is 5. The first kappa shape index (κ1) is 15.5. The first-order valence-electron chi connectivity index (χ1n) is 8.19. The number of hydrogen-bond donors (Lipinski definition) is 1. The van der Waals surface area contributed by atoms with Gasteiger partial charge in [0, 0.05) is 37.3 Å². The van der Waals surface area contributed by atoms with Gasteiger partial charge < -0.3 is 10.2 Å². The van der Waals surface area contributed by atoms with E-state index in [1.54, 1.807) is 11.8 Å². The predicted molar refractivity (Wildman–Crippen MR) is 97.5 cm³/mol. The Labute approximate surface area is 146 Å². The average molecular weight is 340 g/mol. The molecule has 0 saturated carbocycles. The minimum atomic E-state index is -0.146. The Kier molecular flexibility index (Phi) is 4.16. The summed E-state index contributed by atoms with van der Waals surface area (Å²) in [7, 11) is 0. The largest absolute Gasteiger partial charge is 0.354 e. The number of carbonyl (C=O) groups excluding carboxylic acids is 1. The number of fused-ring (bicyclic) bond motifs is 1. The van der Waals surface area contributed by atoms with Crippen LogP contribution in [0.5, 0.6) is 0 Å². The number of para-hydroxylation sites is 1. The van der Waals surface area contributed by atoms with Crippen LogP contribution in [0, 0.1) is 6.92 Å². The quantitative estimate of drug-likeness (QED) is 0.911. The zero-order valence-corrected chi connectivity index (χ0v) is 14.4. The van der Waals surface area contributed by atoms with Crippen molar-refractivity contribution in [3.05, 3.63) is 48.2 Å². The number of nitrogens with zero attached hydrogens (tertiary/aromatic N) is 3. The third-order valence-corrected chi connectivity index (χ3v) is 5.82. The second-order valence-corrected chi connectivity index (χ2v) is 7.29. The van der Waals surface area contributed by atoms with Crippen LogP contribution in [0.25, 0.3) is 0 Å². The number of aromatic nitrogens is 1. The van der Waals surface area contributed by atoms with Crippen molar-refractivity contribution in [2.24, 2.45) is 0 Å². The number of piperazine rings is 1. The second kappa shape index (κ2) is 6.45. The number of carbonyl (C=O) groups is 1. The number of pyridine rings is 1. The first-order valence-corrected chi connectivity index (χ1v) is 9.07. The van der Waals surface area contributed by atoms with Gasteiger partial charge in [-0.2, -0.15) is 0 Å². The average Bonchev–Trinajstić information content (AvgIpc) is 2.61. The molecule has 0 bridgehead atoms. The fourth-order valence-corrected chi connectivity index (χ4v) is 4.33. The SMILES string of the molecule is Cc1ccnc(N2CCN(C3Sc4ccccc4NC3=O)CC2)c1. The molecule has 24 heavy (non-hydrogen) atoms. The molecule has 4 rings (SSSR count).